The van der Waals surface area contributed by atoms with Gasteiger partial charge in [-0.25, -0.2) is 0 Å². The van der Waals surface area contributed by atoms with Gasteiger partial charge in [-0.05, 0) is 109 Å². The first-order valence-electron chi connectivity index (χ1n) is 14.1. The van der Waals surface area contributed by atoms with Gasteiger partial charge in [-0.2, -0.15) is 0 Å². The summed E-state index contributed by atoms with van der Waals surface area (Å²) < 4.78 is 18.9. The molecule has 0 amide bonds. The van der Waals surface area contributed by atoms with Crippen LogP contribution in [0.1, 0.15) is 55.4 Å². The summed E-state index contributed by atoms with van der Waals surface area (Å²) in [6, 6.07) is 21.9. The minimum absolute atomic E-state index is 0.0844. The third kappa shape index (κ3) is 5.68. The Balaban J connectivity index is 1.34. The van der Waals surface area contributed by atoms with Crippen molar-refractivity contribution in [2.75, 3.05) is 43.1 Å². The summed E-state index contributed by atoms with van der Waals surface area (Å²) in [5, 5.41) is 3.66. The Bertz CT molecular complexity index is 1380. The number of fused-ring (bicyclic) bond motifs is 2. The van der Waals surface area contributed by atoms with Crippen LogP contribution < -0.4 is 15.8 Å². The molecule has 6 heteroatoms. The van der Waals surface area contributed by atoms with Crippen LogP contribution in [0, 0.1) is 0 Å². The molecule has 0 spiro atoms. The molecule has 0 aliphatic carbocycles. The largest absolute Gasteiger partial charge is 0.489 e. The molecule has 6 rings (SSSR count). The van der Waals surface area contributed by atoms with Gasteiger partial charge >= 0.3 is 0 Å². The number of rotatable bonds is 7. The van der Waals surface area contributed by atoms with Gasteiger partial charge < -0.3 is 15.8 Å². The van der Waals surface area contributed by atoms with Crippen LogP contribution in [0.4, 0.5) is 15.8 Å². The van der Waals surface area contributed by atoms with Gasteiger partial charge in [0.2, 0.25) is 0 Å². The molecule has 3 aliphatic rings. The number of allylic oxidation sites excluding steroid dienone is 1. The average molecular weight is 544 g/mol. The molecular formula is C33H38FN3OS. The van der Waals surface area contributed by atoms with Crippen molar-refractivity contribution in [3.63, 3.8) is 0 Å². The number of likely N-dealkylation sites (tertiary alicyclic amines) is 1. The predicted octanol–water partition coefficient (Wildman–Crippen LogP) is 7.28. The highest BCUT2D eigenvalue weighted by Gasteiger charge is 2.29. The van der Waals surface area contributed by atoms with Crippen LogP contribution in [-0.2, 0) is 6.42 Å². The van der Waals surface area contributed by atoms with Crippen molar-refractivity contribution in [1.29, 1.82) is 0 Å². The Hall–Kier alpha value is -2.96. The molecule has 1 saturated heterocycles. The Morgan fingerprint density at radius 1 is 1.08 bits per heavy atom. The molecule has 3 aromatic carbocycles. The van der Waals surface area contributed by atoms with E-state index in [-0.39, 0.29) is 18.3 Å². The summed E-state index contributed by atoms with van der Waals surface area (Å²) in [7, 11) is 0. The molecule has 3 aliphatic heterocycles. The van der Waals surface area contributed by atoms with Gasteiger partial charge in [0.15, 0.2) is 0 Å². The van der Waals surface area contributed by atoms with Crippen molar-refractivity contribution in [2.24, 2.45) is 0 Å². The number of nitrogens with one attached hydrogen (secondary N) is 1. The lowest BCUT2D eigenvalue weighted by molar-refractivity contribution is 0.198. The van der Waals surface area contributed by atoms with Crippen LogP contribution in [0.5, 0.6) is 5.75 Å². The molecule has 1 atom stereocenters. The molecule has 1 unspecified atom stereocenters. The highest BCUT2D eigenvalue weighted by molar-refractivity contribution is 7.99. The lowest BCUT2D eigenvalue weighted by Crippen LogP contribution is -2.26. The maximum Gasteiger partial charge on any atom is 0.119 e. The maximum absolute atomic E-state index is 12.6. The Morgan fingerprint density at radius 3 is 2.72 bits per heavy atom. The van der Waals surface area contributed by atoms with Gasteiger partial charge in [-0.3, -0.25) is 9.29 Å². The van der Waals surface area contributed by atoms with Crippen molar-refractivity contribution in [3.8, 4) is 5.75 Å². The average Bonchev–Trinajstić information content (AvgIpc) is 3.43. The fraction of sp³-hybridized carbons (Fsp3) is 0.394. The van der Waals surface area contributed by atoms with Crippen molar-refractivity contribution < 1.29 is 9.13 Å². The molecule has 0 aromatic heterocycles. The van der Waals surface area contributed by atoms with E-state index in [1.165, 1.54) is 44.0 Å². The van der Waals surface area contributed by atoms with E-state index in [2.05, 4.69) is 78.7 Å². The van der Waals surface area contributed by atoms with E-state index in [1.54, 1.807) is 0 Å². The molecule has 39 heavy (non-hydrogen) atoms. The standard InChI is InChI=1S/C33H38FN3OS/c1-33(2)20-24-18-23(6-11-30(24)36-33)28-13-17-39-31-19-25(35)7-10-29(31)32(28)22-4-8-26(9-5-22)38-27-12-16-37(21-27)15-3-14-34/h4-11,18-19,27,36H,3,12-17,20-21,35H2,1-2H3. The SMILES string of the molecule is CC1(C)Cc2cc(C3=C(c4ccc(OC5CCN(CCCF)C5)cc4)c4ccc(N)cc4SCC3)ccc2N1. The van der Waals surface area contributed by atoms with Crippen molar-refractivity contribution >= 4 is 34.3 Å². The molecule has 1 fully saturated rings. The molecule has 204 valence electrons. The zero-order valence-electron chi connectivity index (χ0n) is 22.9. The monoisotopic (exact) mass is 543 g/mol. The van der Waals surface area contributed by atoms with Gasteiger partial charge in [0, 0.05) is 47.2 Å². The maximum atomic E-state index is 12.6. The number of halogens is 1. The second kappa shape index (κ2) is 10.9. The third-order valence-electron chi connectivity index (χ3n) is 8.03. The van der Waals surface area contributed by atoms with Crippen LogP contribution in [0.3, 0.4) is 0 Å². The first-order chi connectivity index (χ1) is 18.9. The van der Waals surface area contributed by atoms with Gasteiger partial charge in [0.25, 0.3) is 0 Å². The summed E-state index contributed by atoms with van der Waals surface area (Å²) in [4.78, 5) is 3.54. The summed E-state index contributed by atoms with van der Waals surface area (Å²) >= 11 is 1.89. The number of nitrogen functional groups attached to an aromatic ring is 1. The lowest BCUT2D eigenvalue weighted by atomic mass is 9.87. The number of nitrogens with zero attached hydrogens (tertiary/aromatic N) is 1. The zero-order valence-corrected chi connectivity index (χ0v) is 23.8. The number of benzene rings is 3. The number of hydrogen-bond donors (Lipinski definition) is 2. The number of ether oxygens (including phenoxy) is 1. The minimum Gasteiger partial charge on any atom is -0.489 e. The van der Waals surface area contributed by atoms with Crippen LogP contribution in [0.15, 0.2) is 65.6 Å². The molecule has 3 aromatic rings. The Morgan fingerprint density at radius 2 is 1.90 bits per heavy atom. The van der Waals surface area contributed by atoms with E-state index in [1.807, 2.05) is 17.8 Å². The van der Waals surface area contributed by atoms with Crippen LogP contribution >= 0.6 is 11.8 Å². The van der Waals surface area contributed by atoms with E-state index in [0.717, 1.165) is 56.1 Å². The second-order valence-corrected chi connectivity index (χ2v) is 12.8. The number of anilines is 2. The number of thioether (sulfide) groups is 1. The van der Waals surface area contributed by atoms with Gasteiger partial charge in [0.1, 0.15) is 11.9 Å². The van der Waals surface area contributed by atoms with E-state index in [9.17, 15) is 4.39 Å². The fourth-order valence-electron chi connectivity index (χ4n) is 6.24. The Labute approximate surface area is 235 Å². The topological polar surface area (TPSA) is 50.5 Å². The van der Waals surface area contributed by atoms with Crippen LogP contribution in [-0.4, -0.2) is 48.6 Å². The minimum atomic E-state index is -0.254. The first-order valence-corrected chi connectivity index (χ1v) is 15.1. The van der Waals surface area contributed by atoms with E-state index >= 15 is 0 Å². The highest BCUT2D eigenvalue weighted by atomic mass is 32.2. The predicted molar refractivity (Wildman–Crippen MR) is 162 cm³/mol. The van der Waals surface area contributed by atoms with Gasteiger partial charge in [-0.1, -0.05) is 24.3 Å². The van der Waals surface area contributed by atoms with E-state index in [0.29, 0.717) is 6.42 Å². The van der Waals surface area contributed by atoms with E-state index < -0.39 is 0 Å². The highest BCUT2D eigenvalue weighted by Crippen LogP contribution is 2.45. The molecule has 4 nitrogen and oxygen atoms in total. The van der Waals surface area contributed by atoms with Crippen molar-refractivity contribution in [1.82, 2.24) is 4.90 Å². The lowest BCUT2D eigenvalue weighted by Gasteiger charge is -2.19. The van der Waals surface area contributed by atoms with Gasteiger partial charge in [0.05, 0.1) is 6.67 Å². The summed E-state index contributed by atoms with van der Waals surface area (Å²) in [5.41, 5.74) is 16.1. The van der Waals surface area contributed by atoms with E-state index in [4.69, 9.17) is 10.5 Å². The zero-order chi connectivity index (χ0) is 27.0. The fourth-order valence-corrected chi connectivity index (χ4v) is 7.31. The van der Waals surface area contributed by atoms with Crippen molar-refractivity contribution in [3.05, 3.63) is 82.9 Å². The normalized spacial score (nSPS) is 20.3. The van der Waals surface area contributed by atoms with Gasteiger partial charge in [-0.15, -0.1) is 11.8 Å². The summed E-state index contributed by atoms with van der Waals surface area (Å²) in [6.07, 6.45) is 3.76. The molecule has 3 N–H and O–H groups in total. The second-order valence-electron chi connectivity index (χ2n) is 11.7. The summed E-state index contributed by atoms with van der Waals surface area (Å²) in [6.45, 7) is 6.92. The first kappa shape index (κ1) is 26.3. The smallest absolute Gasteiger partial charge is 0.119 e. The number of hydrogen-bond acceptors (Lipinski definition) is 5. The molecule has 0 saturated carbocycles. The van der Waals surface area contributed by atoms with Crippen molar-refractivity contribution in [2.45, 2.75) is 56.1 Å². The molecular weight excluding hydrogens is 505 g/mol. The molecule has 0 radical (unpaired) electrons. The molecule has 0 bridgehead atoms. The number of alkyl halides is 1. The van der Waals surface area contributed by atoms with Crippen LogP contribution in [0.2, 0.25) is 0 Å². The summed E-state index contributed by atoms with van der Waals surface area (Å²) in [5.74, 6) is 1.90. The molecule has 3 heterocycles. The number of nitrogens with two attached hydrogens (primary N) is 1. The quantitative estimate of drug-likeness (QED) is 0.307. The Kier molecular flexibility index (Phi) is 7.34. The third-order valence-corrected chi connectivity index (χ3v) is 9.09. The van der Waals surface area contributed by atoms with Crippen LogP contribution in [0.25, 0.3) is 11.1 Å².